The molecule has 0 heterocycles. The number of amides is 2. The Morgan fingerprint density at radius 2 is 1.70 bits per heavy atom. The zero-order valence-electron chi connectivity index (χ0n) is 13.8. The van der Waals surface area contributed by atoms with Crippen molar-refractivity contribution in [3.8, 4) is 11.5 Å². The molecule has 2 N–H and O–H groups in total. The van der Waals surface area contributed by atoms with Crippen LogP contribution < -0.4 is 10.5 Å². The number of rotatable bonds is 4. The maximum Gasteiger partial charge on any atom is 0.334 e. The van der Waals surface area contributed by atoms with Crippen molar-refractivity contribution in [2.45, 2.75) is 20.8 Å². The number of urea groups is 1. The standard InChI is InChI=1S/C18H21N3O2/c1-12-9-13(2)17(14(3)10-12)23-16-7-5-15(6-8-16)11-20-21(4)18(19)22/h5-11H,1-4H3,(H2,19,22). The van der Waals surface area contributed by atoms with Crippen LogP contribution in [-0.4, -0.2) is 24.3 Å². The van der Waals surface area contributed by atoms with Gasteiger partial charge in [-0.3, -0.25) is 0 Å². The van der Waals surface area contributed by atoms with E-state index in [1.54, 1.807) is 6.21 Å². The van der Waals surface area contributed by atoms with E-state index < -0.39 is 6.03 Å². The molecule has 0 radical (unpaired) electrons. The minimum Gasteiger partial charge on any atom is -0.457 e. The van der Waals surface area contributed by atoms with Crippen LogP contribution in [0.5, 0.6) is 11.5 Å². The largest absolute Gasteiger partial charge is 0.457 e. The molecule has 120 valence electrons. The lowest BCUT2D eigenvalue weighted by atomic mass is 10.1. The second kappa shape index (κ2) is 6.96. The van der Waals surface area contributed by atoms with Gasteiger partial charge in [-0.05, 0) is 61.7 Å². The van der Waals surface area contributed by atoms with Crippen molar-refractivity contribution < 1.29 is 9.53 Å². The highest BCUT2D eigenvalue weighted by Gasteiger charge is 2.06. The van der Waals surface area contributed by atoms with Crippen molar-refractivity contribution in [1.29, 1.82) is 0 Å². The van der Waals surface area contributed by atoms with Gasteiger partial charge in [-0.2, -0.15) is 5.10 Å². The topological polar surface area (TPSA) is 67.9 Å². The predicted octanol–water partition coefficient (Wildman–Crippen LogP) is 3.75. The Morgan fingerprint density at radius 3 is 2.22 bits per heavy atom. The minimum absolute atomic E-state index is 0.605. The van der Waals surface area contributed by atoms with Crippen LogP contribution in [0.4, 0.5) is 4.79 Å². The molecule has 23 heavy (non-hydrogen) atoms. The number of benzene rings is 2. The van der Waals surface area contributed by atoms with Crippen LogP contribution in [0.15, 0.2) is 41.5 Å². The molecule has 0 spiro atoms. The fraction of sp³-hybridized carbons (Fsp3) is 0.222. The summed E-state index contributed by atoms with van der Waals surface area (Å²) in [6.45, 7) is 6.15. The fourth-order valence-corrected chi connectivity index (χ4v) is 2.28. The van der Waals surface area contributed by atoms with Crippen molar-refractivity contribution in [2.75, 3.05) is 7.05 Å². The Bertz CT molecular complexity index is 713. The van der Waals surface area contributed by atoms with Gasteiger partial charge in [0.2, 0.25) is 0 Å². The van der Waals surface area contributed by atoms with Crippen LogP contribution in [0.25, 0.3) is 0 Å². The molecule has 2 amide bonds. The van der Waals surface area contributed by atoms with E-state index in [4.69, 9.17) is 10.5 Å². The maximum absolute atomic E-state index is 10.9. The lowest BCUT2D eigenvalue weighted by Gasteiger charge is -2.13. The average Bonchev–Trinajstić information content (AvgIpc) is 2.49. The van der Waals surface area contributed by atoms with Crippen LogP contribution in [0, 0.1) is 20.8 Å². The summed E-state index contributed by atoms with van der Waals surface area (Å²) in [5.74, 6) is 1.63. The number of primary amides is 1. The first-order valence-electron chi connectivity index (χ1n) is 7.29. The van der Waals surface area contributed by atoms with E-state index in [0.717, 1.165) is 33.2 Å². The highest BCUT2D eigenvalue weighted by Crippen LogP contribution is 2.29. The van der Waals surface area contributed by atoms with Gasteiger partial charge < -0.3 is 10.5 Å². The second-order valence-electron chi connectivity index (χ2n) is 5.51. The molecule has 0 atom stereocenters. The number of carbonyl (C=O) groups excluding carboxylic acids is 1. The van der Waals surface area contributed by atoms with Gasteiger partial charge in [0.1, 0.15) is 11.5 Å². The molecule has 5 heteroatoms. The summed E-state index contributed by atoms with van der Waals surface area (Å²) in [7, 11) is 1.50. The molecule has 0 saturated heterocycles. The zero-order valence-corrected chi connectivity index (χ0v) is 13.8. The van der Waals surface area contributed by atoms with Gasteiger partial charge >= 0.3 is 6.03 Å². The van der Waals surface area contributed by atoms with Crippen LogP contribution in [0.1, 0.15) is 22.3 Å². The van der Waals surface area contributed by atoms with Crippen molar-refractivity contribution >= 4 is 12.2 Å². The first-order valence-corrected chi connectivity index (χ1v) is 7.29. The van der Waals surface area contributed by atoms with Crippen molar-refractivity contribution in [3.63, 3.8) is 0 Å². The number of carbonyl (C=O) groups is 1. The number of nitrogens with zero attached hydrogens (tertiary/aromatic N) is 2. The normalized spacial score (nSPS) is 10.8. The quantitative estimate of drug-likeness (QED) is 0.690. The van der Waals surface area contributed by atoms with E-state index in [2.05, 4.69) is 24.2 Å². The summed E-state index contributed by atoms with van der Waals surface area (Å²) in [6.07, 6.45) is 1.57. The van der Waals surface area contributed by atoms with Gasteiger partial charge in [-0.15, -0.1) is 0 Å². The molecule has 0 fully saturated rings. The molecule has 0 unspecified atom stereocenters. The molecule has 0 aliphatic heterocycles. The molecule has 2 aromatic carbocycles. The van der Waals surface area contributed by atoms with Gasteiger partial charge in [0, 0.05) is 7.05 Å². The summed E-state index contributed by atoms with van der Waals surface area (Å²) in [5.41, 5.74) is 9.39. The van der Waals surface area contributed by atoms with E-state index >= 15 is 0 Å². The van der Waals surface area contributed by atoms with E-state index in [1.165, 1.54) is 12.6 Å². The molecular formula is C18H21N3O2. The smallest absolute Gasteiger partial charge is 0.334 e. The van der Waals surface area contributed by atoms with Crippen molar-refractivity contribution in [1.82, 2.24) is 5.01 Å². The van der Waals surface area contributed by atoms with Gasteiger partial charge in [0.15, 0.2) is 0 Å². The minimum atomic E-state index is -0.605. The molecule has 0 aliphatic rings. The summed E-state index contributed by atoms with van der Waals surface area (Å²) in [5, 5.41) is 5.01. The predicted molar refractivity (Wildman–Crippen MR) is 92.1 cm³/mol. The maximum atomic E-state index is 10.9. The Kier molecular flexibility index (Phi) is 5.01. The second-order valence-corrected chi connectivity index (χ2v) is 5.51. The molecule has 0 saturated carbocycles. The molecular weight excluding hydrogens is 290 g/mol. The first kappa shape index (κ1) is 16.5. The molecule has 2 aromatic rings. The summed E-state index contributed by atoms with van der Waals surface area (Å²) >= 11 is 0. The van der Waals surface area contributed by atoms with Gasteiger partial charge in [-0.25, -0.2) is 9.80 Å². The molecule has 0 aromatic heterocycles. The number of ether oxygens (including phenoxy) is 1. The van der Waals surface area contributed by atoms with E-state index in [1.807, 2.05) is 38.1 Å². The number of hydrogen-bond acceptors (Lipinski definition) is 3. The number of hydrazone groups is 1. The first-order chi connectivity index (χ1) is 10.9. The number of hydrogen-bond donors (Lipinski definition) is 1. The fourth-order valence-electron chi connectivity index (χ4n) is 2.28. The van der Waals surface area contributed by atoms with Crippen LogP contribution in [0.3, 0.4) is 0 Å². The summed E-state index contributed by atoms with van der Waals surface area (Å²) in [4.78, 5) is 10.9. The molecule has 0 bridgehead atoms. The zero-order chi connectivity index (χ0) is 17.0. The average molecular weight is 311 g/mol. The van der Waals surface area contributed by atoms with E-state index in [9.17, 15) is 4.79 Å². The highest BCUT2D eigenvalue weighted by molar-refractivity contribution is 5.81. The number of nitrogens with two attached hydrogens (primary N) is 1. The molecule has 5 nitrogen and oxygen atoms in total. The highest BCUT2D eigenvalue weighted by atomic mass is 16.5. The summed E-state index contributed by atoms with van der Waals surface area (Å²) < 4.78 is 5.98. The SMILES string of the molecule is Cc1cc(C)c(Oc2ccc(C=NN(C)C(N)=O)cc2)c(C)c1. The Morgan fingerprint density at radius 1 is 1.13 bits per heavy atom. The van der Waals surface area contributed by atoms with Crippen molar-refractivity contribution in [3.05, 3.63) is 58.7 Å². The number of aryl methyl sites for hydroxylation is 3. The van der Waals surface area contributed by atoms with Gasteiger partial charge in [0.05, 0.1) is 6.21 Å². The van der Waals surface area contributed by atoms with E-state index in [-0.39, 0.29) is 0 Å². The Hall–Kier alpha value is -2.82. The third-order valence-electron chi connectivity index (χ3n) is 3.40. The third kappa shape index (κ3) is 4.32. The van der Waals surface area contributed by atoms with Crippen LogP contribution >= 0.6 is 0 Å². The molecule has 0 aliphatic carbocycles. The van der Waals surface area contributed by atoms with Gasteiger partial charge in [-0.1, -0.05) is 17.7 Å². The summed E-state index contributed by atoms with van der Waals surface area (Å²) in [6, 6.07) is 11.1. The van der Waals surface area contributed by atoms with Crippen LogP contribution in [-0.2, 0) is 0 Å². The molecule has 2 rings (SSSR count). The van der Waals surface area contributed by atoms with Crippen LogP contribution in [0.2, 0.25) is 0 Å². The van der Waals surface area contributed by atoms with Crippen molar-refractivity contribution in [2.24, 2.45) is 10.8 Å². The lowest BCUT2D eigenvalue weighted by molar-refractivity contribution is 0.220. The van der Waals surface area contributed by atoms with Gasteiger partial charge in [0.25, 0.3) is 0 Å². The third-order valence-corrected chi connectivity index (χ3v) is 3.40. The monoisotopic (exact) mass is 311 g/mol. The lowest BCUT2D eigenvalue weighted by Crippen LogP contribution is -2.27. The van der Waals surface area contributed by atoms with E-state index in [0.29, 0.717) is 0 Å². The Labute approximate surface area is 136 Å². The Balaban J connectivity index is 2.13.